The van der Waals surface area contributed by atoms with Crippen molar-refractivity contribution in [2.75, 3.05) is 25.5 Å². The lowest BCUT2D eigenvalue weighted by Gasteiger charge is -2.49. The number of hydrogen-bond acceptors (Lipinski definition) is 5. The Bertz CT molecular complexity index is 1180. The van der Waals surface area contributed by atoms with Gasteiger partial charge in [0.2, 0.25) is 0 Å². The average Bonchev–Trinajstić information content (AvgIpc) is 3.09. The summed E-state index contributed by atoms with van der Waals surface area (Å²) in [4.78, 5) is 18.9. The van der Waals surface area contributed by atoms with Crippen LogP contribution in [-0.4, -0.2) is 57.2 Å². The van der Waals surface area contributed by atoms with Crippen LogP contribution in [0, 0.1) is 5.82 Å². The molecule has 2 heterocycles. The number of imidazole rings is 1. The van der Waals surface area contributed by atoms with E-state index in [2.05, 4.69) is 31.5 Å². The molecular formula is C21H22BrClFN5O2. The summed E-state index contributed by atoms with van der Waals surface area (Å²) in [6.07, 6.45) is 1.50. The normalized spacial score (nSPS) is 16.3. The molecule has 1 aliphatic rings. The van der Waals surface area contributed by atoms with Gasteiger partial charge in [-0.25, -0.2) is 9.37 Å². The number of amides is 1. The highest BCUT2D eigenvalue weighted by Gasteiger charge is 2.47. The SMILES string of the molecule is CNC(C)C1(O)CN(C(=O)c2cc3c(ncn3C)c(F)c2Nc2ccc(Br)cc2Cl)C1. The number of rotatable bonds is 5. The number of aryl methyl sites for hydroxylation is 1. The standard InChI is InChI=1S/C21H22BrClFN5O2/c1-11(25-2)21(31)8-29(9-21)20(30)13-7-16-19(26-10-28(16)3)17(24)18(13)27-15-5-4-12(22)6-14(15)23/h4-7,10-11,25,27,31H,8-9H2,1-3H3. The van der Waals surface area contributed by atoms with Gasteiger partial charge in [-0.15, -0.1) is 0 Å². The van der Waals surface area contributed by atoms with Gasteiger partial charge in [0.05, 0.1) is 46.9 Å². The molecule has 31 heavy (non-hydrogen) atoms. The summed E-state index contributed by atoms with van der Waals surface area (Å²) in [5, 5.41) is 17.0. The maximum absolute atomic E-state index is 15.5. The summed E-state index contributed by atoms with van der Waals surface area (Å²) in [7, 11) is 3.49. The molecule has 0 aliphatic carbocycles. The molecule has 1 fully saturated rings. The summed E-state index contributed by atoms with van der Waals surface area (Å²) in [6, 6.07) is 6.56. The fourth-order valence-electron chi connectivity index (χ4n) is 3.71. The van der Waals surface area contributed by atoms with E-state index >= 15 is 4.39 Å². The van der Waals surface area contributed by atoms with Gasteiger partial charge in [0, 0.05) is 17.6 Å². The van der Waals surface area contributed by atoms with Crippen molar-refractivity contribution in [2.24, 2.45) is 7.05 Å². The zero-order valence-electron chi connectivity index (χ0n) is 17.2. The van der Waals surface area contributed by atoms with Crippen LogP contribution in [0.15, 0.2) is 35.1 Å². The number of nitrogens with one attached hydrogen (secondary N) is 2. The number of carbonyl (C=O) groups excluding carboxylic acids is 1. The van der Waals surface area contributed by atoms with Crippen LogP contribution in [0.1, 0.15) is 17.3 Å². The zero-order valence-corrected chi connectivity index (χ0v) is 19.6. The topological polar surface area (TPSA) is 82.4 Å². The third-order valence-electron chi connectivity index (χ3n) is 5.84. The van der Waals surface area contributed by atoms with Gasteiger partial charge in [-0.3, -0.25) is 4.79 Å². The number of anilines is 2. The van der Waals surface area contributed by atoms with Gasteiger partial charge < -0.3 is 25.2 Å². The zero-order chi connectivity index (χ0) is 22.5. The molecule has 0 spiro atoms. The second-order valence-corrected chi connectivity index (χ2v) is 9.18. The molecule has 10 heteroatoms. The molecule has 7 nitrogen and oxygen atoms in total. The first kappa shape index (κ1) is 22.0. The number of hydrogen-bond donors (Lipinski definition) is 3. The minimum atomic E-state index is -1.03. The minimum absolute atomic E-state index is 0.00229. The second-order valence-electron chi connectivity index (χ2n) is 7.86. The Balaban J connectivity index is 1.76. The van der Waals surface area contributed by atoms with E-state index in [0.29, 0.717) is 16.2 Å². The lowest BCUT2D eigenvalue weighted by Crippen LogP contribution is -2.70. The van der Waals surface area contributed by atoms with E-state index in [4.69, 9.17) is 11.6 Å². The summed E-state index contributed by atoms with van der Waals surface area (Å²) in [6.45, 7) is 2.15. The third kappa shape index (κ3) is 3.80. The smallest absolute Gasteiger partial charge is 0.256 e. The Morgan fingerprint density at radius 2 is 2.10 bits per heavy atom. The third-order valence-corrected chi connectivity index (χ3v) is 6.64. The van der Waals surface area contributed by atoms with Crippen molar-refractivity contribution >= 4 is 55.8 Å². The molecule has 1 saturated heterocycles. The van der Waals surface area contributed by atoms with Crippen molar-refractivity contribution in [1.29, 1.82) is 0 Å². The van der Waals surface area contributed by atoms with E-state index in [1.807, 2.05) is 6.92 Å². The lowest BCUT2D eigenvalue weighted by molar-refractivity contribution is -0.0990. The van der Waals surface area contributed by atoms with Gasteiger partial charge in [-0.1, -0.05) is 27.5 Å². The summed E-state index contributed by atoms with van der Waals surface area (Å²) in [5.41, 5.74) is 0.218. The highest BCUT2D eigenvalue weighted by molar-refractivity contribution is 9.10. The maximum atomic E-state index is 15.5. The fraction of sp³-hybridized carbons (Fsp3) is 0.333. The molecule has 0 saturated carbocycles. The van der Waals surface area contributed by atoms with Crippen LogP contribution in [0.4, 0.5) is 15.8 Å². The number of likely N-dealkylation sites (tertiary alicyclic amines) is 1. The lowest BCUT2D eigenvalue weighted by atomic mass is 9.86. The van der Waals surface area contributed by atoms with Gasteiger partial charge in [0.25, 0.3) is 5.91 Å². The van der Waals surface area contributed by atoms with Crippen molar-refractivity contribution < 1.29 is 14.3 Å². The Kier molecular flexibility index (Phi) is 5.72. The molecule has 164 valence electrons. The van der Waals surface area contributed by atoms with Gasteiger partial charge in [0.15, 0.2) is 5.82 Å². The summed E-state index contributed by atoms with van der Waals surface area (Å²) in [5.74, 6) is -1.02. The molecule has 3 N–H and O–H groups in total. The van der Waals surface area contributed by atoms with Gasteiger partial charge in [0.1, 0.15) is 11.1 Å². The molecule has 1 unspecified atom stereocenters. The number of fused-ring (bicyclic) bond motifs is 1. The van der Waals surface area contributed by atoms with Gasteiger partial charge in [-0.05, 0) is 38.2 Å². The highest BCUT2D eigenvalue weighted by Crippen LogP contribution is 2.36. The van der Waals surface area contributed by atoms with Crippen LogP contribution in [0.25, 0.3) is 11.0 Å². The fourth-order valence-corrected chi connectivity index (χ4v) is 4.43. The molecule has 0 bridgehead atoms. The molecule has 1 atom stereocenters. The Hall–Kier alpha value is -2.20. The number of benzene rings is 2. The quantitative estimate of drug-likeness (QED) is 0.488. The van der Waals surface area contributed by atoms with Crippen molar-refractivity contribution in [3.05, 3.63) is 51.5 Å². The number of nitrogens with zero attached hydrogens (tertiary/aromatic N) is 3. The van der Waals surface area contributed by atoms with Gasteiger partial charge in [-0.2, -0.15) is 0 Å². The van der Waals surface area contributed by atoms with Crippen LogP contribution in [0.2, 0.25) is 5.02 Å². The highest BCUT2D eigenvalue weighted by atomic mass is 79.9. The Morgan fingerprint density at radius 3 is 2.74 bits per heavy atom. The number of β-amino-alcohol motifs (C(OH)–C–C–N with tert-alkyl or cyclic N) is 1. The molecule has 2 aromatic carbocycles. The molecular weight excluding hydrogens is 489 g/mol. The van der Waals surface area contributed by atoms with Crippen LogP contribution in [-0.2, 0) is 7.05 Å². The van der Waals surface area contributed by atoms with E-state index in [1.54, 1.807) is 42.9 Å². The van der Waals surface area contributed by atoms with E-state index in [-0.39, 0.29) is 41.8 Å². The number of aromatic nitrogens is 2. The number of likely N-dealkylation sites (N-methyl/N-ethyl adjacent to an activating group) is 1. The largest absolute Gasteiger partial charge is 0.385 e. The number of carbonyl (C=O) groups is 1. The van der Waals surface area contributed by atoms with E-state index in [9.17, 15) is 9.90 Å². The molecule has 3 aromatic rings. The van der Waals surface area contributed by atoms with Crippen LogP contribution in [0.5, 0.6) is 0 Å². The maximum Gasteiger partial charge on any atom is 0.256 e. The van der Waals surface area contributed by atoms with Crippen LogP contribution < -0.4 is 10.6 Å². The van der Waals surface area contributed by atoms with Crippen molar-refractivity contribution in [3.8, 4) is 0 Å². The van der Waals surface area contributed by atoms with Crippen LogP contribution in [0.3, 0.4) is 0 Å². The predicted molar refractivity (Wildman–Crippen MR) is 122 cm³/mol. The molecule has 1 aliphatic heterocycles. The van der Waals surface area contributed by atoms with Gasteiger partial charge >= 0.3 is 0 Å². The monoisotopic (exact) mass is 509 g/mol. The van der Waals surface area contributed by atoms with E-state index in [0.717, 1.165) is 4.47 Å². The molecule has 0 radical (unpaired) electrons. The molecule has 1 aromatic heterocycles. The Labute approximate surface area is 192 Å². The van der Waals surface area contributed by atoms with E-state index in [1.165, 1.54) is 11.2 Å². The van der Waals surface area contributed by atoms with Crippen LogP contribution >= 0.6 is 27.5 Å². The summed E-state index contributed by atoms with van der Waals surface area (Å²) < 4.78 is 17.9. The average molecular weight is 511 g/mol. The number of aliphatic hydroxyl groups is 1. The van der Waals surface area contributed by atoms with Crippen molar-refractivity contribution in [1.82, 2.24) is 19.8 Å². The van der Waals surface area contributed by atoms with E-state index < -0.39 is 11.4 Å². The second kappa shape index (κ2) is 8.05. The first-order valence-corrected chi connectivity index (χ1v) is 10.9. The minimum Gasteiger partial charge on any atom is -0.385 e. The summed E-state index contributed by atoms with van der Waals surface area (Å²) >= 11 is 9.65. The van der Waals surface area contributed by atoms with Crippen molar-refractivity contribution in [3.63, 3.8) is 0 Å². The first-order chi connectivity index (χ1) is 14.6. The van der Waals surface area contributed by atoms with Crippen molar-refractivity contribution in [2.45, 2.75) is 18.6 Å². The Morgan fingerprint density at radius 1 is 1.39 bits per heavy atom. The number of halogens is 3. The predicted octanol–water partition coefficient (Wildman–Crippen LogP) is 3.67. The molecule has 4 rings (SSSR count). The molecule has 1 amide bonds. The first-order valence-electron chi connectivity index (χ1n) is 9.69.